The van der Waals surface area contributed by atoms with E-state index in [4.69, 9.17) is 4.98 Å². The Morgan fingerprint density at radius 3 is 2.74 bits per heavy atom. The summed E-state index contributed by atoms with van der Waals surface area (Å²) in [4.78, 5) is 22.9. The number of anilines is 1. The van der Waals surface area contributed by atoms with Crippen molar-refractivity contribution in [2.24, 2.45) is 0 Å². The van der Waals surface area contributed by atoms with E-state index in [0.29, 0.717) is 13.0 Å². The van der Waals surface area contributed by atoms with Gasteiger partial charge < -0.3 is 10.3 Å². The zero-order chi connectivity index (χ0) is 18.8. The predicted octanol–water partition coefficient (Wildman–Crippen LogP) is 2.75. The Bertz CT molecular complexity index is 1150. The number of hydrogen-bond donors (Lipinski definition) is 2. The van der Waals surface area contributed by atoms with E-state index >= 15 is 0 Å². The standard InChI is InChI=1S/C20H20N6O/c1-13-14(2)25-26-18(21-9-8-16-10-19(27)23-12-22-16)11-17(24-20(13)26)15-6-4-3-5-7-15/h3-7,10-12,21H,8-9H2,1-2H3,(H,22,23,27). The van der Waals surface area contributed by atoms with Gasteiger partial charge in [-0.1, -0.05) is 30.3 Å². The van der Waals surface area contributed by atoms with Crippen LogP contribution in [0.4, 0.5) is 5.82 Å². The summed E-state index contributed by atoms with van der Waals surface area (Å²) in [7, 11) is 0. The van der Waals surface area contributed by atoms with Gasteiger partial charge in [0.1, 0.15) is 5.82 Å². The maximum absolute atomic E-state index is 11.4. The van der Waals surface area contributed by atoms with Crippen molar-refractivity contribution in [3.63, 3.8) is 0 Å². The Morgan fingerprint density at radius 1 is 1.15 bits per heavy atom. The number of aromatic nitrogens is 5. The van der Waals surface area contributed by atoms with Crippen LogP contribution in [0.15, 0.2) is 53.6 Å². The summed E-state index contributed by atoms with van der Waals surface area (Å²) in [5.41, 5.74) is 5.40. The van der Waals surface area contributed by atoms with Crippen LogP contribution in [0.1, 0.15) is 17.0 Å². The summed E-state index contributed by atoms with van der Waals surface area (Å²) < 4.78 is 1.84. The zero-order valence-corrected chi connectivity index (χ0v) is 15.2. The average Bonchev–Trinajstić information content (AvgIpc) is 2.97. The second kappa shape index (κ2) is 7.03. The summed E-state index contributed by atoms with van der Waals surface area (Å²) >= 11 is 0. The van der Waals surface area contributed by atoms with Gasteiger partial charge in [-0.3, -0.25) is 4.79 Å². The minimum Gasteiger partial charge on any atom is -0.369 e. The summed E-state index contributed by atoms with van der Waals surface area (Å²) in [6.07, 6.45) is 2.06. The number of fused-ring (bicyclic) bond motifs is 1. The Kier molecular flexibility index (Phi) is 4.42. The van der Waals surface area contributed by atoms with Crippen LogP contribution in [0.25, 0.3) is 16.9 Å². The van der Waals surface area contributed by atoms with Gasteiger partial charge in [-0.2, -0.15) is 9.61 Å². The first kappa shape index (κ1) is 17.0. The third-order valence-corrected chi connectivity index (χ3v) is 4.55. The summed E-state index contributed by atoms with van der Waals surface area (Å²) in [6, 6.07) is 13.6. The molecule has 0 aliphatic heterocycles. The van der Waals surface area contributed by atoms with Crippen LogP contribution in [0, 0.1) is 13.8 Å². The Hall–Kier alpha value is -3.48. The highest BCUT2D eigenvalue weighted by Gasteiger charge is 2.13. The zero-order valence-electron chi connectivity index (χ0n) is 15.2. The number of hydrogen-bond acceptors (Lipinski definition) is 5. The minimum absolute atomic E-state index is 0.143. The second-order valence-electron chi connectivity index (χ2n) is 6.42. The highest BCUT2D eigenvalue weighted by atomic mass is 16.1. The average molecular weight is 360 g/mol. The molecule has 27 heavy (non-hydrogen) atoms. The van der Waals surface area contributed by atoms with Crippen LogP contribution >= 0.6 is 0 Å². The van der Waals surface area contributed by atoms with Crippen LogP contribution < -0.4 is 10.9 Å². The van der Waals surface area contributed by atoms with E-state index in [0.717, 1.165) is 39.7 Å². The van der Waals surface area contributed by atoms with E-state index in [1.807, 2.05) is 54.8 Å². The Balaban J connectivity index is 1.68. The van der Waals surface area contributed by atoms with Gasteiger partial charge in [0.25, 0.3) is 5.56 Å². The van der Waals surface area contributed by atoms with Crippen molar-refractivity contribution >= 4 is 11.5 Å². The van der Waals surface area contributed by atoms with E-state index < -0.39 is 0 Å². The first-order valence-electron chi connectivity index (χ1n) is 8.82. The van der Waals surface area contributed by atoms with Gasteiger partial charge in [0, 0.05) is 41.9 Å². The van der Waals surface area contributed by atoms with Crippen molar-refractivity contribution in [3.05, 3.63) is 76.1 Å². The van der Waals surface area contributed by atoms with Crippen molar-refractivity contribution in [2.45, 2.75) is 20.3 Å². The smallest absolute Gasteiger partial charge is 0.250 e. The second-order valence-corrected chi connectivity index (χ2v) is 6.42. The van der Waals surface area contributed by atoms with Crippen molar-refractivity contribution in [2.75, 3.05) is 11.9 Å². The third kappa shape index (κ3) is 3.44. The number of nitrogens with zero attached hydrogens (tertiary/aromatic N) is 4. The molecule has 0 saturated carbocycles. The number of nitrogens with one attached hydrogen (secondary N) is 2. The number of aryl methyl sites for hydroxylation is 2. The molecule has 4 aromatic rings. The number of benzene rings is 1. The summed E-state index contributed by atoms with van der Waals surface area (Å²) in [5, 5.41) is 8.02. The lowest BCUT2D eigenvalue weighted by molar-refractivity contribution is 0.883. The Labute approximate surface area is 156 Å². The molecule has 7 heteroatoms. The molecule has 0 bridgehead atoms. The van der Waals surface area contributed by atoms with Crippen LogP contribution in [0.2, 0.25) is 0 Å². The highest BCUT2D eigenvalue weighted by Crippen LogP contribution is 2.24. The van der Waals surface area contributed by atoms with Gasteiger partial charge in [-0.15, -0.1) is 0 Å². The van der Waals surface area contributed by atoms with E-state index in [-0.39, 0.29) is 5.56 Å². The fraction of sp³-hybridized carbons (Fsp3) is 0.200. The number of H-pyrrole nitrogens is 1. The first-order chi connectivity index (χ1) is 13.1. The molecule has 0 atom stereocenters. The quantitative estimate of drug-likeness (QED) is 0.571. The SMILES string of the molecule is Cc1nn2c(NCCc3cc(=O)[nH]cn3)cc(-c3ccccc3)nc2c1C. The molecular formula is C20H20N6O. The fourth-order valence-electron chi connectivity index (χ4n) is 2.98. The van der Waals surface area contributed by atoms with E-state index in [9.17, 15) is 4.79 Å². The van der Waals surface area contributed by atoms with Gasteiger partial charge in [0.05, 0.1) is 17.7 Å². The summed E-state index contributed by atoms with van der Waals surface area (Å²) in [6.45, 7) is 4.64. The Morgan fingerprint density at radius 2 is 1.96 bits per heavy atom. The van der Waals surface area contributed by atoms with Gasteiger partial charge in [-0.25, -0.2) is 9.97 Å². The van der Waals surface area contributed by atoms with Gasteiger partial charge in [0.2, 0.25) is 0 Å². The largest absolute Gasteiger partial charge is 0.369 e. The lowest BCUT2D eigenvalue weighted by Gasteiger charge is -2.11. The maximum atomic E-state index is 11.4. The molecular weight excluding hydrogens is 340 g/mol. The first-order valence-corrected chi connectivity index (χ1v) is 8.82. The van der Waals surface area contributed by atoms with Crippen LogP contribution in [-0.2, 0) is 6.42 Å². The number of aromatic amines is 1. The normalized spacial score (nSPS) is 11.0. The van der Waals surface area contributed by atoms with Gasteiger partial charge in [-0.05, 0) is 13.8 Å². The molecule has 0 radical (unpaired) electrons. The van der Waals surface area contributed by atoms with Crippen LogP contribution in [-0.4, -0.2) is 31.1 Å². The van der Waals surface area contributed by atoms with E-state index in [1.54, 1.807) is 0 Å². The molecule has 0 aliphatic carbocycles. The molecule has 0 amide bonds. The monoisotopic (exact) mass is 360 g/mol. The number of rotatable bonds is 5. The molecule has 0 aliphatic rings. The maximum Gasteiger partial charge on any atom is 0.250 e. The molecule has 0 fully saturated rings. The predicted molar refractivity (Wildman–Crippen MR) is 105 cm³/mol. The molecule has 3 aromatic heterocycles. The third-order valence-electron chi connectivity index (χ3n) is 4.55. The van der Waals surface area contributed by atoms with Crippen LogP contribution in [0.5, 0.6) is 0 Å². The molecule has 136 valence electrons. The molecule has 4 rings (SSSR count). The molecule has 0 saturated heterocycles. The van der Waals surface area contributed by atoms with Gasteiger partial charge >= 0.3 is 0 Å². The van der Waals surface area contributed by atoms with Gasteiger partial charge in [0.15, 0.2) is 5.65 Å². The molecule has 0 unspecified atom stereocenters. The van der Waals surface area contributed by atoms with E-state index in [2.05, 4.69) is 20.4 Å². The molecule has 0 spiro atoms. The lowest BCUT2D eigenvalue weighted by Crippen LogP contribution is -2.13. The van der Waals surface area contributed by atoms with E-state index in [1.165, 1.54) is 12.4 Å². The lowest BCUT2D eigenvalue weighted by atomic mass is 10.1. The topological polar surface area (TPSA) is 88.0 Å². The molecule has 7 nitrogen and oxygen atoms in total. The fourth-order valence-corrected chi connectivity index (χ4v) is 2.98. The van der Waals surface area contributed by atoms with Crippen molar-refractivity contribution < 1.29 is 0 Å². The summed E-state index contributed by atoms with van der Waals surface area (Å²) in [5.74, 6) is 0.861. The van der Waals surface area contributed by atoms with Crippen LogP contribution in [0.3, 0.4) is 0 Å². The highest BCUT2D eigenvalue weighted by molar-refractivity contribution is 5.68. The molecule has 1 aromatic carbocycles. The van der Waals surface area contributed by atoms with Crippen molar-refractivity contribution in [3.8, 4) is 11.3 Å². The molecule has 2 N–H and O–H groups in total. The van der Waals surface area contributed by atoms with Crippen molar-refractivity contribution in [1.29, 1.82) is 0 Å². The van der Waals surface area contributed by atoms with Crippen molar-refractivity contribution in [1.82, 2.24) is 24.6 Å². The minimum atomic E-state index is -0.143. The molecule has 3 heterocycles.